The zero-order valence-electron chi connectivity index (χ0n) is 9.44. The number of hydrogen-bond donors (Lipinski definition) is 1. The molecule has 1 aliphatic heterocycles. The summed E-state index contributed by atoms with van der Waals surface area (Å²) in [6.45, 7) is 3.51. The molecular formula is C13H16N2O. The van der Waals surface area contributed by atoms with Crippen molar-refractivity contribution in [3.8, 4) is 6.07 Å². The number of para-hydroxylation sites is 1. The van der Waals surface area contributed by atoms with E-state index < -0.39 is 0 Å². The average molecular weight is 216 g/mol. The number of nitrogens with one attached hydrogen (secondary N) is 1. The third kappa shape index (κ3) is 2.34. The molecule has 16 heavy (non-hydrogen) atoms. The van der Waals surface area contributed by atoms with Crippen LogP contribution in [-0.2, 0) is 4.74 Å². The second kappa shape index (κ2) is 5.00. The minimum atomic E-state index is -0.149. The number of aryl methyl sites for hydroxylation is 1. The monoisotopic (exact) mass is 216 g/mol. The summed E-state index contributed by atoms with van der Waals surface area (Å²) in [6, 6.07) is 10.2. The van der Waals surface area contributed by atoms with Crippen molar-refractivity contribution in [2.75, 3.05) is 18.5 Å². The van der Waals surface area contributed by atoms with Gasteiger partial charge in [-0.15, -0.1) is 0 Å². The van der Waals surface area contributed by atoms with Gasteiger partial charge < -0.3 is 10.1 Å². The van der Waals surface area contributed by atoms with Crippen LogP contribution in [0.5, 0.6) is 0 Å². The Morgan fingerprint density at radius 1 is 1.50 bits per heavy atom. The number of anilines is 1. The van der Waals surface area contributed by atoms with E-state index in [-0.39, 0.29) is 6.04 Å². The standard InChI is InChI=1S/C13H16N2O/c1-10-4-2-3-5-12(10)15-13(8-14)11-6-7-16-9-11/h2-5,11,13,15H,6-7,9H2,1H3. The number of benzene rings is 1. The lowest BCUT2D eigenvalue weighted by atomic mass is 9.99. The summed E-state index contributed by atoms with van der Waals surface area (Å²) in [4.78, 5) is 0. The van der Waals surface area contributed by atoms with Gasteiger partial charge in [0.15, 0.2) is 0 Å². The maximum absolute atomic E-state index is 9.17. The van der Waals surface area contributed by atoms with Gasteiger partial charge in [0.05, 0.1) is 12.7 Å². The Morgan fingerprint density at radius 3 is 2.94 bits per heavy atom. The molecule has 0 amide bonds. The Morgan fingerprint density at radius 2 is 2.31 bits per heavy atom. The third-order valence-corrected chi connectivity index (χ3v) is 3.03. The first-order valence-electron chi connectivity index (χ1n) is 5.61. The van der Waals surface area contributed by atoms with Crippen LogP contribution < -0.4 is 5.32 Å². The van der Waals surface area contributed by atoms with Gasteiger partial charge in [0.25, 0.3) is 0 Å². The van der Waals surface area contributed by atoms with E-state index in [1.807, 2.05) is 31.2 Å². The van der Waals surface area contributed by atoms with Gasteiger partial charge in [-0.1, -0.05) is 18.2 Å². The van der Waals surface area contributed by atoms with Gasteiger partial charge in [0.1, 0.15) is 6.04 Å². The fourth-order valence-electron chi connectivity index (χ4n) is 1.97. The third-order valence-electron chi connectivity index (χ3n) is 3.03. The highest BCUT2D eigenvalue weighted by Gasteiger charge is 2.25. The molecule has 1 aromatic rings. The smallest absolute Gasteiger partial charge is 0.119 e. The molecule has 3 heteroatoms. The van der Waals surface area contributed by atoms with Gasteiger partial charge in [0.2, 0.25) is 0 Å². The van der Waals surface area contributed by atoms with E-state index in [0.29, 0.717) is 12.5 Å². The van der Waals surface area contributed by atoms with Crippen LogP contribution in [0.3, 0.4) is 0 Å². The van der Waals surface area contributed by atoms with Crippen molar-refractivity contribution < 1.29 is 4.74 Å². The number of nitriles is 1. The number of ether oxygens (including phenoxy) is 1. The van der Waals surface area contributed by atoms with Crippen LogP contribution in [0.1, 0.15) is 12.0 Å². The van der Waals surface area contributed by atoms with Gasteiger partial charge in [0, 0.05) is 18.2 Å². The highest BCUT2D eigenvalue weighted by Crippen LogP contribution is 2.21. The molecule has 0 radical (unpaired) electrons. The van der Waals surface area contributed by atoms with Gasteiger partial charge >= 0.3 is 0 Å². The molecule has 0 bridgehead atoms. The maximum atomic E-state index is 9.17. The van der Waals surface area contributed by atoms with E-state index in [2.05, 4.69) is 11.4 Å². The van der Waals surface area contributed by atoms with Crippen LogP contribution in [0.4, 0.5) is 5.69 Å². The minimum absolute atomic E-state index is 0.149. The molecule has 2 atom stereocenters. The first-order valence-corrected chi connectivity index (χ1v) is 5.61. The van der Waals surface area contributed by atoms with Crippen molar-refractivity contribution in [3.05, 3.63) is 29.8 Å². The van der Waals surface area contributed by atoms with Crippen molar-refractivity contribution in [3.63, 3.8) is 0 Å². The fraction of sp³-hybridized carbons (Fsp3) is 0.462. The SMILES string of the molecule is Cc1ccccc1NC(C#N)C1CCOC1. The van der Waals surface area contributed by atoms with E-state index in [0.717, 1.165) is 18.7 Å². The topological polar surface area (TPSA) is 45.0 Å². The Kier molecular flexibility index (Phi) is 3.43. The Bertz CT molecular complexity index is 391. The molecule has 0 aromatic heterocycles. The quantitative estimate of drug-likeness (QED) is 0.843. The van der Waals surface area contributed by atoms with Gasteiger partial charge in [-0.05, 0) is 25.0 Å². The minimum Gasteiger partial charge on any atom is -0.381 e. The fourth-order valence-corrected chi connectivity index (χ4v) is 1.97. The second-order valence-corrected chi connectivity index (χ2v) is 4.19. The Labute approximate surface area is 96.0 Å². The van der Waals surface area contributed by atoms with Crippen molar-refractivity contribution >= 4 is 5.69 Å². The van der Waals surface area contributed by atoms with Crippen LogP contribution in [0, 0.1) is 24.2 Å². The van der Waals surface area contributed by atoms with E-state index in [1.165, 1.54) is 5.56 Å². The zero-order chi connectivity index (χ0) is 11.4. The lowest BCUT2D eigenvalue weighted by Gasteiger charge is -2.19. The molecule has 1 heterocycles. The van der Waals surface area contributed by atoms with Crippen LogP contribution >= 0.6 is 0 Å². The summed E-state index contributed by atoms with van der Waals surface area (Å²) in [5, 5.41) is 12.5. The molecule has 0 saturated carbocycles. The molecule has 2 unspecified atom stereocenters. The van der Waals surface area contributed by atoms with Gasteiger partial charge in [-0.2, -0.15) is 5.26 Å². The molecule has 3 nitrogen and oxygen atoms in total. The van der Waals surface area contributed by atoms with E-state index in [9.17, 15) is 5.26 Å². The summed E-state index contributed by atoms with van der Waals surface area (Å²) >= 11 is 0. The molecular weight excluding hydrogens is 200 g/mol. The van der Waals surface area contributed by atoms with Crippen LogP contribution in [0.2, 0.25) is 0 Å². The van der Waals surface area contributed by atoms with Gasteiger partial charge in [-0.3, -0.25) is 0 Å². The number of hydrogen-bond acceptors (Lipinski definition) is 3. The van der Waals surface area contributed by atoms with Crippen LogP contribution in [-0.4, -0.2) is 19.3 Å². The van der Waals surface area contributed by atoms with Crippen molar-refractivity contribution in [2.45, 2.75) is 19.4 Å². The lowest BCUT2D eigenvalue weighted by molar-refractivity contribution is 0.185. The maximum Gasteiger partial charge on any atom is 0.119 e. The van der Waals surface area contributed by atoms with Crippen LogP contribution in [0.25, 0.3) is 0 Å². The average Bonchev–Trinajstić information content (AvgIpc) is 2.81. The largest absolute Gasteiger partial charge is 0.381 e. The van der Waals surface area contributed by atoms with Crippen molar-refractivity contribution in [2.24, 2.45) is 5.92 Å². The molecule has 2 rings (SSSR count). The molecule has 1 N–H and O–H groups in total. The zero-order valence-corrected chi connectivity index (χ0v) is 9.44. The molecule has 1 fully saturated rings. The molecule has 1 aliphatic rings. The second-order valence-electron chi connectivity index (χ2n) is 4.19. The van der Waals surface area contributed by atoms with Gasteiger partial charge in [-0.25, -0.2) is 0 Å². The first-order chi connectivity index (χ1) is 7.81. The summed E-state index contributed by atoms with van der Waals surface area (Å²) in [5.74, 6) is 0.310. The molecule has 0 aliphatic carbocycles. The molecule has 0 spiro atoms. The normalized spacial score (nSPS) is 21.4. The van der Waals surface area contributed by atoms with E-state index in [1.54, 1.807) is 0 Å². The summed E-state index contributed by atoms with van der Waals surface area (Å²) in [7, 11) is 0. The van der Waals surface area contributed by atoms with E-state index in [4.69, 9.17) is 4.74 Å². The highest BCUT2D eigenvalue weighted by atomic mass is 16.5. The summed E-state index contributed by atoms with van der Waals surface area (Å²) in [5.41, 5.74) is 2.21. The molecule has 84 valence electrons. The van der Waals surface area contributed by atoms with Crippen molar-refractivity contribution in [1.29, 1.82) is 5.26 Å². The van der Waals surface area contributed by atoms with Crippen LogP contribution in [0.15, 0.2) is 24.3 Å². The predicted molar refractivity (Wildman–Crippen MR) is 63.1 cm³/mol. The molecule has 1 saturated heterocycles. The van der Waals surface area contributed by atoms with Crippen molar-refractivity contribution in [1.82, 2.24) is 0 Å². The highest BCUT2D eigenvalue weighted by molar-refractivity contribution is 5.52. The number of rotatable bonds is 3. The Hall–Kier alpha value is -1.53. The van der Waals surface area contributed by atoms with E-state index >= 15 is 0 Å². The summed E-state index contributed by atoms with van der Waals surface area (Å²) < 4.78 is 5.32. The predicted octanol–water partition coefficient (Wildman–Crippen LogP) is 2.34. The molecule has 1 aromatic carbocycles. The number of nitrogens with zero attached hydrogens (tertiary/aromatic N) is 1. The summed E-state index contributed by atoms with van der Waals surface area (Å²) in [6.07, 6.45) is 0.969. The Balaban J connectivity index is 2.07. The first kappa shape index (κ1) is 11.0. The lowest BCUT2D eigenvalue weighted by Crippen LogP contribution is -2.28.